The standard InChI is InChI=1S/C9H19N3O3/c13-7-5-11(6-8-14)3-4-12-2-1-10-9(12)15/h13-14H,1-8H2,(H,10,15). The highest BCUT2D eigenvalue weighted by Crippen LogP contribution is 1.97. The molecule has 1 saturated heterocycles. The van der Waals surface area contributed by atoms with Gasteiger partial charge in [-0.3, -0.25) is 4.90 Å². The molecule has 1 rings (SSSR count). The summed E-state index contributed by atoms with van der Waals surface area (Å²) in [6, 6.07) is -0.0250. The molecule has 1 fully saturated rings. The normalized spacial score (nSPS) is 16.2. The molecule has 0 aromatic carbocycles. The molecule has 0 aromatic heterocycles. The average molecular weight is 217 g/mol. The molecule has 88 valence electrons. The third-order valence-corrected chi connectivity index (χ3v) is 2.46. The summed E-state index contributed by atoms with van der Waals surface area (Å²) in [5.74, 6) is 0. The molecule has 0 aromatic rings. The highest BCUT2D eigenvalue weighted by molar-refractivity contribution is 5.76. The van der Waals surface area contributed by atoms with Crippen LogP contribution >= 0.6 is 0 Å². The van der Waals surface area contributed by atoms with Gasteiger partial charge in [0.05, 0.1) is 13.2 Å². The summed E-state index contributed by atoms with van der Waals surface area (Å²) in [5.41, 5.74) is 0. The molecular formula is C9H19N3O3. The van der Waals surface area contributed by atoms with Crippen LogP contribution < -0.4 is 5.32 Å². The zero-order chi connectivity index (χ0) is 11.1. The van der Waals surface area contributed by atoms with Crippen LogP contribution in [0.2, 0.25) is 0 Å². The first-order valence-electron chi connectivity index (χ1n) is 5.24. The number of hydrogen-bond donors (Lipinski definition) is 3. The molecule has 3 N–H and O–H groups in total. The number of urea groups is 1. The summed E-state index contributed by atoms with van der Waals surface area (Å²) in [6.07, 6.45) is 0. The smallest absolute Gasteiger partial charge is 0.317 e. The number of rotatable bonds is 7. The van der Waals surface area contributed by atoms with Gasteiger partial charge in [0.1, 0.15) is 0 Å². The quantitative estimate of drug-likeness (QED) is 0.475. The topological polar surface area (TPSA) is 76.0 Å². The van der Waals surface area contributed by atoms with Crippen molar-refractivity contribution in [3.05, 3.63) is 0 Å². The Morgan fingerprint density at radius 2 is 1.93 bits per heavy atom. The number of amides is 2. The van der Waals surface area contributed by atoms with Crippen LogP contribution in [0.5, 0.6) is 0 Å². The Kier molecular flexibility index (Phi) is 5.38. The van der Waals surface area contributed by atoms with Gasteiger partial charge in [0, 0.05) is 39.3 Å². The summed E-state index contributed by atoms with van der Waals surface area (Å²) in [7, 11) is 0. The van der Waals surface area contributed by atoms with Crippen molar-refractivity contribution in [2.24, 2.45) is 0 Å². The Balaban J connectivity index is 2.22. The van der Waals surface area contributed by atoms with E-state index in [0.717, 1.165) is 6.54 Å². The van der Waals surface area contributed by atoms with Crippen LogP contribution in [0.15, 0.2) is 0 Å². The molecule has 0 atom stereocenters. The second-order valence-corrected chi connectivity index (χ2v) is 3.51. The number of aliphatic hydroxyl groups is 2. The van der Waals surface area contributed by atoms with Gasteiger partial charge < -0.3 is 20.4 Å². The van der Waals surface area contributed by atoms with Crippen LogP contribution in [-0.4, -0.2) is 78.5 Å². The van der Waals surface area contributed by atoms with Crippen molar-refractivity contribution in [1.29, 1.82) is 0 Å². The fraction of sp³-hybridized carbons (Fsp3) is 0.889. The lowest BCUT2D eigenvalue weighted by atomic mass is 10.4. The largest absolute Gasteiger partial charge is 0.395 e. The van der Waals surface area contributed by atoms with E-state index in [0.29, 0.717) is 32.7 Å². The van der Waals surface area contributed by atoms with Crippen LogP contribution in [0.4, 0.5) is 4.79 Å². The molecule has 0 spiro atoms. The Morgan fingerprint density at radius 3 is 2.40 bits per heavy atom. The first-order chi connectivity index (χ1) is 7.27. The first kappa shape index (κ1) is 12.2. The van der Waals surface area contributed by atoms with Gasteiger partial charge in [0.15, 0.2) is 0 Å². The maximum absolute atomic E-state index is 11.2. The van der Waals surface area contributed by atoms with E-state index in [1.54, 1.807) is 4.90 Å². The number of nitrogens with one attached hydrogen (secondary N) is 1. The van der Waals surface area contributed by atoms with Crippen LogP contribution in [0.3, 0.4) is 0 Å². The molecule has 0 aliphatic carbocycles. The third kappa shape index (κ3) is 4.03. The van der Waals surface area contributed by atoms with Gasteiger partial charge in [-0.25, -0.2) is 4.79 Å². The van der Waals surface area contributed by atoms with Gasteiger partial charge in [-0.2, -0.15) is 0 Å². The van der Waals surface area contributed by atoms with Crippen molar-refractivity contribution in [1.82, 2.24) is 15.1 Å². The first-order valence-corrected chi connectivity index (χ1v) is 5.24. The number of carbonyl (C=O) groups is 1. The summed E-state index contributed by atoms with van der Waals surface area (Å²) < 4.78 is 0. The molecule has 6 nitrogen and oxygen atoms in total. The van der Waals surface area contributed by atoms with E-state index in [-0.39, 0.29) is 19.2 Å². The predicted molar refractivity (Wildman–Crippen MR) is 55.6 cm³/mol. The second kappa shape index (κ2) is 6.60. The highest BCUT2D eigenvalue weighted by atomic mass is 16.3. The average Bonchev–Trinajstić information content (AvgIpc) is 2.61. The summed E-state index contributed by atoms with van der Waals surface area (Å²) >= 11 is 0. The van der Waals surface area contributed by atoms with Crippen molar-refractivity contribution in [2.75, 3.05) is 52.5 Å². The van der Waals surface area contributed by atoms with Gasteiger partial charge in [0.25, 0.3) is 0 Å². The van der Waals surface area contributed by atoms with Crippen molar-refractivity contribution in [3.63, 3.8) is 0 Å². The van der Waals surface area contributed by atoms with Crippen molar-refractivity contribution in [2.45, 2.75) is 0 Å². The number of hydrogen-bond acceptors (Lipinski definition) is 4. The summed E-state index contributed by atoms with van der Waals surface area (Å²) in [6.45, 7) is 4.01. The molecular weight excluding hydrogens is 198 g/mol. The molecule has 1 aliphatic rings. The van der Waals surface area contributed by atoms with Crippen LogP contribution in [0, 0.1) is 0 Å². The van der Waals surface area contributed by atoms with Gasteiger partial charge in [-0.05, 0) is 0 Å². The monoisotopic (exact) mass is 217 g/mol. The van der Waals surface area contributed by atoms with Crippen LogP contribution in [0.1, 0.15) is 0 Å². The molecule has 0 radical (unpaired) electrons. The Labute approximate surface area is 89.5 Å². The van der Waals surface area contributed by atoms with Gasteiger partial charge in [-0.1, -0.05) is 0 Å². The number of carbonyl (C=O) groups excluding carboxylic acids is 1. The van der Waals surface area contributed by atoms with Crippen LogP contribution in [-0.2, 0) is 0 Å². The van der Waals surface area contributed by atoms with E-state index >= 15 is 0 Å². The maximum Gasteiger partial charge on any atom is 0.317 e. The number of aliphatic hydroxyl groups excluding tert-OH is 2. The van der Waals surface area contributed by atoms with E-state index in [1.807, 2.05) is 4.90 Å². The minimum absolute atomic E-state index is 0.0250. The summed E-state index contributed by atoms with van der Waals surface area (Å²) in [5, 5.41) is 20.3. The van der Waals surface area contributed by atoms with Gasteiger partial charge >= 0.3 is 6.03 Å². The molecule has 1 aliphatic heterocycles. The highest BCUT2D eigenvalue weighted by Gasteiger charge is 2.19. The lowest BCUT2D eigenvalue weighted by Crippen LogP contribution is -2.39. The zero-order valence-corrected chi connectivity index (χ0v) is 8.85. The lowest BCUT2D eigenvalue weighted by Gasteiger charge is -2.23. The van der Waals surface area contributed by atoms with E-state index in [9.17, 15) is 4.79 Å². The maximum atomic E-state index is 11.2. The van der Waals surface area contributed by atoms with Crippen LogP contribution in [0.25, 0.3) is 0 Å². The van der Waals surface area contributed by atoms with Crippen molar-refractivity contribution < 1.29 is 15.0 Å². The Bertz CT molecular complexity index is 195. The summed E-state index contributed by atoms with van der Waals surface area (Å²) in [4.78, 5) is 14.9. The number of nitrogens with zero attached hydrogens (tertiary/aromatic N) is 2. The van der Waals surface area contributed by atoms with Crippen molar-refractivity contribution >= 4 is 6.03 Å². The zero-order valence-electron chi connectivity index (χ0n) is 8.85. The molecule has 0 unspecified atom stereocenters. The predicted octanol–water partition coefficient (Wildman–Crippen LogP) is -1.70. The molecule has 0 saturated carbocycles. The fourth-order valence-electron chi connectivity index (χ4n) is 1.60. The van der Waals surface area contributed by atoms with Crippen molar-refractivity contribution in [3.8, 4) is 0 Å². The minimum atomic E-state index is -0.0250. The van der Waals surface area contributed by atoms with E-state index in [4.69, 9.17) is 10.2 Å². The van der Waals surface area contributed by atoms with E-state index < -0.39 is 0 Å². The van der Waals surface area contributed by atoms with Gasteiger partial charge in [-0.15, -0.1) is 0 Å². The molecule has 15 heavy (non-hydrogen) atoms. The Hall–Kier alpha value is -0.850. The SMILES string of the molecule is O=C1NCCN1CCN(CCO)CCO. The minimum Gasteiger partial charge on any atom is -0.395 e. The fourth-order valence-corrected chi connectivity index (χ4v) is 1.60. The molecule has 2 amide bonds. The lowest BCUT2D eigenvalue weighted by molar-refractivity contribution is 0.150. The van der Waals surface area contributed by atoms with Gasteiger partial charge in [0.2, 0.25) is 0 Å². The molecule has 6 heteroatoms. The molecule has 0 bridgehead atoms. The molecule has 1 heterocycles. The Morgan fingerprint density at radius 1 is 1.27 bits per heavy atom. The second-order valence-electron chi connectivity index (χ2n) is 3.51. The third-order valence-electron chi connectivity index (χ3n) is 2.46. The van der Waals surface area contributed by atoms with E-state index in [2.05, 4.69) is 5.32 Å². The van der Waals surface area contributed by atoms with E-state index in [1.165, 1.54) is 0 Å².